The minimum Gasteiger partial charge on any atom is -0.464 e. The molecule has 1 N–H and O–H groups in total. The minimum absolute atomic E-state index is 0.0188. The Balaban J connectivity index is 3.02. The highest BCUT2D eigenvalue weighted by atomic mass is 16.5. The van der Waals surface area contributed by atoms with Crippen LogP contribution in [0.5, 0.6) is 0 Å². The third-order valence-corrected chi connectivity index (χ3v) is 4.66. The van der Waals surface area contributed by atoms with Crippen molar-refractivity contribution in [1.82, 2.24) is 0 Å². The summed E-state index contributed by atoms with van der Waals surface area (Å²) in [5, 5.41) is 10.9. The van der Waals surface area contributed by atoms with Gasteiger partial charge in [-0.25, -0.2) is 4.79 Å². The topological polar surface area (TPSA) is 46.5 Å². The van der Waals surface area contributed by atoms with Gasteiger partial charge in [0.1, 0.15) is 0 Å². The number of rotatable bonds is 4. The van der Waals surface area contributed by atoms with Gasteiger partial charge in [-0.15, -0.1) is 0 Å². The van der Waals surface area contributed by atoms with Gasteiger partial charge in [0.15, 0.2) is 5.60 Å². The van der Waals surface area contributed by atoms with Crippen molar-refractivity contribution in [2.75, 3.05) is 6.61 Å². The molecule has 0 spiro atoms. The Labute approximate surface area is 117 Å². The predicted octanol–water partition coefficient (Wildman–Crippen LogP) is 3.54. The first-order valence-electron chi connectivity index (χ1n) is 7.67. The molecule has 0 aliphatic heterocycles. The molecule has 0 heterocycles. The molecule has 1 aliphatic rings. The van der Waals surface area contributed by atoms with Crippen molar-refractivity contribution in [2.24, 2.45) is 17.3 Å². The quantitative estimate of drug-likeness (QED) is 0.795. The van der Waals surface area contributed by atoms with E-state index in [0.717, 1.165) is 19.3 Å². The molecule has 3 nitrogen and oxygen atoms in total. The predicted molar refractivity (Wildman–Crippen MR) is 76.8 cm³/mol. The summed E-state index contributed by atoms with van der Waals surface area (Å²) in [6, 6.07) is 0. The van der Waals surface area contributed by atoms with Crippen LogP contribution in [0.25, 0.3) is 0 Å². The van der Waals surface area contributed by atoms with E-state index in [-0.39, 0.29) is 11.3 Å². The summed E-state index contributed by atoms with van der Waals surface area (Å²) >= 11 is 0. The number of ether oxygens (including phenoxy) is 1. The average molecular weight is 270 g/mol. The van der Waals surface area contributed by atoms with Crippen LogP contribution in [0.15, 0.2) is 0 Å². The summed E-state index contributed by atoms with van der Waals surface area (Å²) in [4.78, 5) is 12.2. The van der Waals surface area contributed by atoms with Crippen LogP contribution in [0.3, 0.4) is 0 Å². The Bertz CT molecular complexity index is 306. The highest BCUT2D eigenvalue weighted by Gasteiger charge is 2.50. The van der Waals surface area contributed by atoms with Gasteiger partial charge >= 0.3 is 5.97 Å². The fraction of sp³-hybridized carbons (Fsp3) is 0.938. The zero-order valence-electron chi connectivity index (χ0n) is 13.2. The lowest BCUT2D eigenvalue weighted by Crippen LogP contribution is -2.52. The van der Waals surface area contributed by atoms with Crippen molar-refractivity contribution in [1.29, 1.82) is 0 Å². The Morgan fingerprint density at radius 3 is 2.11 bits per heavy atom. The molecule has 1 saturated carbocycles. The molecule has 0 aromatic carbocycles. The maximum Gasteiger partial charge on any atom is 0.338 e. The van der Waals surface area contributed by atoms with E-state index in [1.165, 1.54) is 6.42 Å². The minimum atomic E-state index is -1.31. The summed E-state index contributed by atoms with van der Waals surface area (Å²) < 4.78 is 5.12. The Kier molecular flexibility index (Phi) is 5.43. The summed E-state index contributed by atoms with van der Waals surface area (Å²) in [6.07, 6.45) is 4.74. The van der Waals surface area contributed by atoms with E-state index >= 15 is 0 Å². The second-order valence-electron chi connectivity index (χ2n) is 6.86. The number of aliphatic hydroxyl groups is 1. The van der Waals surface area contributed by atoms with Crippen LogP contribution in [-0.4, -0.2) is 23.3 Å². The molecule has 112 valence electrons. The number of hydrogen-bond acceptors (Lipinski definition) is 3. The molecule has 3 atom stereocenters. The van der Waals surface area contributed by atoms with E-state index in [2.05, 4.69) is 20.8 Å². The number of hydrogen-bond donors (Lipinski definition) is 1. The number of carbonyl (C=O) groups excluding carboxylic acids is 1. The SMILES string of the molecule is CCOC(=O)C(O)(CC)C1CCCCC1C(C)(C)C. The molecular weight excluding hydrogens is 240 g/mol. The van der Waals surface area contributed by atoms with E-state index in [0.29, 0.717) is 18.9 Å². The first-order chi connectivity index (χ1) is 8.77. The van der Waals surface area contributed by atoms with Crippen LogP contribution in [-0.2, 0) is 9.53 Å². The molecule has 0 saturated heterocycles. The summed E-state index contributed by atoms with van der Waals surface area (Å²) in [6.45, 7) is 10.6. The van der Waals surface area contributed by atoms with Crippen LogP contribution >= 0.6 is 0 Å². The number of esters is 1. The van der Waals surface area contributed by atoms with Gasteiger partial charge in [-0.2, -0.15) is 0 Å². The molecule has 0 aromatic rings. The van der Waals surface area contributed by atoms with Crippen molar-refractivity contribution in [3.05, 3.63) is 0 Å². The van der Waals surface area contributed by atoms with Crippen molar-refractivity contribution in [3.63, 3.8) is 0 Å². The van der Waals surface area contributed by atoms with Crippen molar-refractivity contribution >= 4 is 5.97 Å². The maximum atomic E-state index is 12.2. The molecule has 19 heavy (non-hydrogen) atoms. The van der Waals surface area contributed by atoms with Crippen molar-refractivity contribution in [2.45, 2.75) is 72.3 Å². The van der Waals surface area contributed by atoms with Crippen LogP contribution in [0.1, 0.15) is 66.7 Å². The Hall–Kier alpha value is -0.570. The second kappa shape index (κ2) is 6.25. The molecule has 0 amide bonds. The Morgan fingerprint density at radius 1 is 1.16 bits per heavy atom. The molecule has 3 heteroatoms. The van der Waals surface area contributed by atoms with Gasteiger partial charge in [-0.3, -0.25) is 0 Å². The number of carbonyl (C=O) groups is 1. The molecule has 3 unspecified atom stereocenters. The fourth-order valence-corrected chi connectivity index (χ4v) is 3.55. The van der Waals surface area contributed by atoms with Gasteiger partial charge in [0.2, 0.25) is 0 Å². The normalized spacial score (nSPS) is 27.7. The lowest BCUT2D eigenvalue weighted by molar-refractivity contribution is -0.179. The van der Waals surface area contributed by atoms with Gasteiger partial charge in [0.05, 0.1) is 6.61 Å². The first kappa shape index (κ1) is 16.5. The second-order valence-corrected chi connectivity index (χ2v) is 6.86. The lowest BCUT2D eigenvalue weighted by atomic mass is 9.60. The van der Waals surface area contributed by atoms with E-state index in [1.54, 1.807) is 6.92 Å². The fourth-order valence-electron chi connectivity index (χ4n) is 3.55. The molecule has 1 aliphatic carbocycles. The maximum absolute atomic E-state index is 12.2. The van der Waals surface area contributed by atoms with Crippen molar-refractivity contribution < 1.29 is 14.6 Å². The third kappa shape index (κ3) is 3.50. The standard InChI is InChI=1S/C16H30O3/c1-6-16(18,14(17)19-7-2)13-11-9-8-10-12(13)15(3,4)5/h12-13,18H,6-11H2,1-5H3. The van der Waals surface area contributed by atoms with Gasteiger partial charge in [-0.05, 0) is 37.5 Å². The Morgan fingerprint density at radius 2 is 1.68 bits per heavy atom. The van der Waals surface area contributed by atoms with E-state index in [4.69, 9.17) is 4.74 Å². The van der Waals surface area contributed by atoms with Crippen LogP contribution in [0, 0.1) is 17.3 Å². The largest absolute Gasteiger partial charge is 0.464 e. The summed E-state index contributed by atoms with van der Waals surface area (Å²) in [7, 11) is 0. The smallest absolute Gasteiger partial charge is 0.338 e. The summed E-state index contributed by atoms with van der Waals surface area (Å²) in [5.41, 5.74) is -1.20. The van der Waals surface area contributed by atoms with Gasteiger partial charge in [0.25, 0.3) is 0 Å². The molecule has 0 aromatic heterocycles. The third-order valence-electron chi connectivity index (χ3n) is 4.66. The van der Waals surface area contributed by atoms with Gasteiger partial charge in [-0.1, -0.05) is 40.5 Å². The van der Waals surface area contributed by atoms with E-state index in [1.807, 2.05) is 6.92 Å². The monoisotopic (exact) mass is 270 g/mol. The molecule has 0 radical (unpaired) electrons. The van der Waals surface area contributed by atoms with Gasteiger partial charge < -0.3 is 9.84 Å². The van der Waals surface area contributed by atoms with E-state index < -0.39 is 11.6 Å². The van der Waals surface area contributed by atoms with Crippen LogP contribution in [0.2, 0.25) is 0 Å². The zero-order valence-corrected chi connectivity index (χ0v) is 13.2. The zero-order chi connectivity index (χ0) is 14.7. The van der Waals surface area contributed by atoms with Crippen LogP contribution in [0.4, 0.5) is 0 Å². The molecule has 1 rings (SSSR count). The average Bonchev–Trinajstić information content (AvgIpc) is 2.37. The molecule has 1 fully saturated rings. The highest BCUT2D eigenvalue weighted by molar-refractivity contribution is 5.79. The summed E-state index contributed by atoms with van der Waals surface area (Å²) in [5.74, 6) is -0.0421. The highest BCUT2D eigenvalue weighted by Crippen LogP contribution is 2.47. The van der Waals surface area contributed by atoms with Gasteiger partial charge in [0, 0.05) is 5.92 Å². The lowest BCUT2D eigenvalue weighted by Gasteiger charge is -2.46. The molecule has 0 bridgehead atoms. The van der Waals surface area contributed by atoms with E-state index in [9.17, 15) is 9.90 Å². The first-order valence-corrected chi connectivity index (χ1v) is 7.67. The van der Waals surface area contributed by atoms with Crippen LogP contribution < -0.4 is 0 Å². The molecular formula is C16H30O3. The van der Waals surface area contributed by atoms with Crippen molar-refractivity contribution in [3.8, 4) is 0 Å².